The van der Waals surface area contributed by atoms with Crippen LogP contribution < -0.4 is 0 Å². The molecule has 0 saturated carbocycles. The number of furan rings is 1. The molecular weight excluding hydrogens is 288 g/mol. The number of aliphatic hydroxyl groups is 1. The third kappa shape index (κ3) is 2.90. The first-order valence-corrected chi connectivity index (χ1v) is 6.64. The summed E-state index contributed by atoms with van der Waals surface area (Å²) in [5.41, 5.74) is 0. The highest BCUT2D eigenvalue weighted by Gasteiger charge is 2.14. The summed E-state index contributed by atoms with van der Waals surface area (Å²) in [7, 11) is 0. The molecule has 1 atom stereocenters. The molecule has 4 heteroatoms. The van der Waals surface area contributed by atoms with Gasteiger partial charge in [0.2, 0.25) is 0 Å². The lowest BCUT2D eigenvalue weighted by Gasteiger charge is -2.07. The summed E-state index contributed by atoms with van der Waals surface area (Å²) < 4.78 is 6.02. The Labute approximate surface area is 107 Å². The molecule has 84 valence electrons. The van der Waals surface area contributed by atoms with E-state index in [2.05, 4.69) is 15.9 Å². The van der Waals surface area contributed by atoms with Crippen molar-refractivity contribution in [3.63, 3.8) is 0 Å². The van der Waals surface area contributed by atoms with E-state index < -0.39 is 6.10 Å². The summed E-state index contributed by atoms with van der Waals surface area (Å²) in [4.78, 5) is 1.14. The molecule has 1 unspecified atom stereocenters. The average molecular weight is 299 g/mol. The van der Waals surface area contributed by atoms with E-state index in [4.69, 9.17) is 4.42 Å². The van der Waals surface area contributed by atoms with E-state index in [-0.39, 0.29) is 0 Å². The largest absolute Gasteiger partial charge is 0.465 e. The van der Waals surface area contributed by atoms with Crippen molar-refractivity contribution in [2.24, 2.45) is 0 Å². The van der Waals surface area contributed by atoms with Gasteiger partial charge in [-0.05, 0) is 34.1 Å². The van der Waals surface area contributed by atoms with Gasteiger partial charge in [0.15, 0.2) is 0 Å². The van der Waals surface area contributed by atoms with Gasteiger partial charge in [-0.2, -0.15) is 0 Å². The average Bonchev–Trinajstić information content (AvgIpc) is 2.74. The lowest BCUT2D eigenvalue weighted by molar-refractivity contribution is 0.173. The Morgan fingerprint density at radius 2 is 2.00 bits per heavy atom. The van der Waals surface area contributed by atoms with Crippen molar-refractivity contribution in [1.29, 1.82) is 0 Å². The van der Waals surface area contributed by atoms with E-state index in [0.29, 0.717) is 11.5 Å². The Morgan fingerprint density at radius 1 is 1.25 bits per heavy atom. The highest BCUT2D eigenvalue weighted by molar-refractivity contribution is 9.10. The molecule has 16 heavy (non-hydrogen) atoms. The summed E-state index contributed by atoms with van der Waals surface area (Å²) >= 11 is 4.93. The zero-order valence-electron chi connectivity index (χ0n) is 8.47. The number of aliphatic hydroxyl groups excluding tert-OH is 1. The van der Waals surface area contributed by atoms with Crippen LogP contribution in [0.3, 0.4) is 0 Å². The van der Waals surface area contributed by atoms with Crippen LogP contribution in [0, 0.1) is 0 Å². The molecule has 0 aliphatic heterocycles. The second-order valence-electron chi connectivity index (χ2n) is 3.27. The van der Waals surface area contributed by atoms with E-state index in [1.165, 1.54) is 0 Å². The molecule has 0 radical (unpaired) electrons. The van der Waals surface area contributed by atoms with Crippen LogP contribution in [-0.4, -0.2) is 10.9 Å². The Balaban J connectivity index is 1.94. The molecule has 1 aromatic carbocycles. The summed E-state index contributed by atoms with van der Waals surface area (Å²) in [6.07, 6.45) is 0.977. The van der Waals surface area contributed by atoms with Crippen LogP contribution in [0.4, 0.5) is 0 Å². The molecule has 1 aromatic heterocycles. The van der Waals surface area contributed by atoms with Crippen LogP contribution in [0.2, 0.25) is 0 Å². The molecule has 1 N–H and O–H groups in total. The van der Waals surface area contributed by atoms with Gasteiger partial charge >= 0.3 is 0 Å². The Kier molecular flexibility index (Phi) is 4.09. The monoisotopic (exact) mass is 298 g/mol. The van der Waals surface area contributed by atoms with Crippen LogP contribution in [0.25, 0.3) is 0 Å². The van der Waals surface area contributed by atoms with Crippen LogP contribution >= 0.6 is 27.7 Å². The molecular formula is C12H11BrO2S. The molecule has 2 rings (SSSR count). The molecule has 0 aliphatic rings. The van der Waals surface area contributed by atoms with Crippen molar-refractivity contribution in [3.8, 4) is 0 Å². The van der Waals surface area contributed by atoms with Crippen LogP contribution in [-0.2, 0) is 0 Å². The SMILES string of the molecule is OC(CSc1ccccc1)c1occc1Br. The van der Waals surface area contributed by atoms with Crippen molar-refractivity contribution in [2.45, 2.75) is 11.0 Å². The predicted octanol–water partition coefficient (Wildman–Crippen LogP) is 3.87. The number of hydrogen-bond acceptors (Lipinski definition) is 3. The molecule has 0 saturated heterocycles. The number of benzene rings is 1. The highest BCUT2D eigenvalue weighted by atomic mass is 79.9. The van der Waals surface area contributed by atoms with Gasteiger partial charge in [-0.15, -0.1) is 11.8 Å². The van der Waals surface area contributed by atoms with Crippen molar-refractivity contribution < 1.29 is 9.52 Å². The first-order chi connectivity index (χ1) is 7.77. The normalized spacial score (nSPS) is 12.6. The minimum Gasteiger partial charge on any atom is -0.465 e. The molecule has 0 bridgehead atoms. The van der Waals surface area contributed by atoms with Crippen molar-refractivity contribution in [1.82, 2.24) is 0 Å². The summed E-state index contributed by atoms with van der Waals surface area (Å²) in [5, 5.41) is 9.91. The lowest BCUT2D eigenvalue weighted by Crippen LogP contribution is -1.99. The van der Waals surface area contributed by atoms with Gasteiger partial charge in [-0.3, -0.25) is 0 Å². The molecule has 2 nitrogen and oxygen atoms in total. The maximum absolute atomic E-state index is 9.91. The van der Waals surface area contributed by atoms with Crippen LogP contribution in [0.15, 0.2) is 56.4 Å². The number of hydrogen-bond donors (Lipinski definition) is 1. The fraction of sp³-hybridized carbons (Fsp3) is 0.167. The standard InChI is InChI=1S/C12H11BrO2S/c13-10-6-7-15-12(10)11(14)8-16-9-4-2-1-3-5-9/h1-7,11,14H,8H2. The van der Waals surface area contributed by atoms with Gasteiger partial charge in [0, 0.05) is 10.6 Å². The van der Waals surface area contributed by atoms with Crippen molar-refractivity contribution >= 4 is 27.7 Å². The molecule has 0 fully saturated rings. The molecule has 1 heterocycles. The fourth-order valence-corrected chi connectivity index (χ4v) is 2.63. The second-order valence-corrected chi connectivity index (χ2v) is 5.22. The minimum absolute atomic E-state index is 0.579. The predicted molar refractivity (Wildman–Crippen MR) is 68.5 cm³/mol. The van der Waals surface area contributed by atoms with Gasteiger partial charge < -0.3 is 9.52 Å². The van der Waals surface area contributed by atoms with E-state index in [0.717, 1.165) is 9.37 Å². The Morgan fingerprint density at radius 3 is 2.62 bits per heavy atom. The minimum atomic E-state index is -0.588. The highest BCUT2D eigenvalue weighted by Crippen LogP contribution is 2.29. The quantitative estimate of drug-likeness (QED) is 0.870. The van der Waals surface area contributed by atoms with E-state index in [9.17, 15) is 5.11 Å². The summed E-state index contributed by atoms with van der Waals surface area (Å²) in [5.74, 6) is 1.17. The second kappa shape index (κ2) is 5.57. The zero-order chi connectivity index (χ0) is 11.4. The van der Waals surface area contributed by atoms with Gasteiger partial charge in [0.05, 0.1) is 10.7 Å². The van der Waals surface area contributed by atoms with Crippen LogP contribution in [0.1, 0.15) is 11.9 Å². The number of rotatable bonds is 4. The number of thioether (sulfide) groups is 1. The number of halogens is 1. The smallest absolute Gasteiger partial charge is 0.147 e. The topological polar surface area (TPSA) is 33.4 Å². The van der Waals surface area contributed by atoms with Gasteiger partial charge in [0.25, 0.3) is 0 Å². The first kappa shape index (κ1) is 11.8. The summed E-state index contributed by atoms with van der Waals surface area (Å²) in [6, 6.07) is 11.8. The molecule has 2 aromatic rings. The van der Waals surface area contributed by atoms with Crippen LogP contribution in [0.5, 0.6) is 0 Å². The van der Waals surface area contributed by atoms with E-state index in [1.54, 1.807) is 24.1 Å². The van der Waals surface area contributed by atoms with Gasteiger partial charge in [0.1, 0.15) is 11.9 Å². The summed E-state index contributed by atoms with van der Waals surface area (Å²) in [6.45, 7) is 0. The first-order valence-electron chi connectivity index (χ1n) is 4.86. The van der Waals surface area contributed by atoms with Gasteiger partial charge in [-0.1, -0.05) is 18.2 Å². The molecule has 0 aliphatic carbocycles. The third-order valence-electron chi connectivity index (χ3n) is 2.10. The van der Waals surface area contributed by atoms with Crippen molar-refractivity contribution in [3.05, 3.63) is 52.9 Å². The Bertz CT molecular complexity index is 441. The Hall–Kier alpha value is -0.710. The lowest BCUT2D eigenvalue weighted by atomic mass is 10.3. The van der Waals surface area contributed by atoms with E-state index >= 15 is 0 Å². The van der Waals surface area contributed by atoms with Gasteiger partial charge in [-0.25, -0.2) is 0 Å². The maximum atomic E-state index is 9.91. The van der Waals surface area contributed by atoms with E-state index in [1.807, 2.05) is 30.3 Å². The van der Waals surface area contributed by atoms with Crippen molar-refractivity contribution in [2.75, 3.05) is 5.75 Å². The zero-order valence-corrected chi connectivity index (χ0v) is 10.9. The fourth-order valence-electron chi connectivity index (χ4n) is 1.31. The maximum Gasteiger partial charge on any atom is 0.147 e. The molecule has 0 amide bonds. The molecule has 0 spiro atoms. The third-order valence-corrected chi connectivity index (χ3v) is 3.84.